The molecule has 0 fully saturated rings. The minimum Gasteiger partial charge on any atom is -0.349 e. The van der Waals surface area contributed by atoms with Crippen LogP contribution in [0.3, 0.4) is 0 Å². The number of carbonyl (C=O) groups is 2. The third kappa shape index (κ3) is 5.55. The first kappa shape index (κ1) is 18.9. The summed E-state index contributed by atoms with van der Waals surface area (Å²) in [4.78, 5) is 30.5. The number of halogens is 1. The van der Waals surface area contributed by atoms with Crippen LogP contribution in [0, 0.1) is 6.92 Å². The molecule has 1 aromatic carbocycles. The minimum absolute atomic E-state index is 0.203. The van der Waals surface area contributed by atoms with Crippen molar-refractivity contribution in [3.05, 3.63) is 58.4 Å². The number of likely N-dealkylation sites (N-methyl/N-ethyl adjacent to an activating group) is 1. The zero-order valence-corrected chi connectivity index (χ0v) is 15.2. The van der Waals surface area contributed by atoms with Gasteiger partial charge in [-0.3, -0.25) is 14.6 Å². The summed E-state index contributed by atoms with van der Waals surface area (Å²) in [6.07, 6.45) is 1.45. The van der Waals surface area contributed by atoms with Crippen molar-refractivity contribution < 1.29 is 9.59 Å². The van der Waals surface area contributed by atoms with E-state index in [4.69, 9.17) is 11.6 Å². The summed E-state index contributed by atoms with van der Waals surface area (Å²) in [6, 6.07) is 8.31. The Morgan fingerprint density at radius 2 is 1.92 bits per heavy atom. The minimum atomic E-state index is -0.324. The zero-order valence-electron chi connectivity index (χ0n) is 14.5. The van der Waals surface area contributed by atoms with E-state index in [1.807, 2.05) is 32.0 Å². The maximum atomic E-state index is 12.4. The fraction of sp³-hybridized carbons (Fsp3) is 0.278. The molecule has 2 amide bonds. The van der Waals surface area contributed by atoms with Gasteiger partial charge in [-0.2, -0.15) is 0 Å². The molecule has 132 valence electrons. The third-order valence-electron chi connectivity index (χ3n) is 3.55. The van der Waals surface area contributed by atoms with Crippen LogP contribution in [0.15, 0.2) is 36.5 Å². The molecule has 6 nitrogen and oxygen atoms in total. The topological polar surface area (TPSA) is 74.3 Å². The number of benzene rings is 1. The second-order valence-corrected chi connectivity index (χ2v) is 6.34. The first-order valence-corrected chi connectivity index (χ1v) is 8.21. The van der Waals surface area contributed by atoms with Gasteiger partial charge in [0.1, 0.15) is 5.69 Å². The van der Waals surface area contributed by atoms with Gasteiger partial charge < -0.3 is 15.5 Å². The first-order chi connectivity index (χ1) is 11.9. The Labute approximate surface area is 152 Å². The van der Waals surface area contributed by atoms with Crippen molar-refractivity contribution in [1.29, 1.82) is 0 Å². The number of carbonyl (C=O) groups excluding carboxylic acids is 2. The van der Waals surface area contributed by atoms with Gasteiger partial charge >= 0.3 is 0 Å². The van der Waals surface area contributed by atoms with Crippen LogP contribution in [-0.2, 0) is 0 Å². The molecule has 0 radical (unpaired) electrons. The Morgan fingerprint density at radius 3 is 2.64 bits per heavy atom. The van der Waals surface area contributed by atoms with Gasteiger partial charge in [0.15, 0.2) is 0 Å². The standard InChI is InChI=1S/C18H21ClN4O2/c1-12-4-5-14(19)11-15(12)22-17(24)13-6-7-20-16(10-13)18(25)21-8-9-23(2)3/h4-7,10-11H,8-9H2,1-3H3,(H,21,25)(H,22,24). The lowest BCUT2D eigenvalue weighted by Crippen LogP contribution is -2.32. The molecule has 0 unspecified atom stereocenters. The highest BCUT2D eigenvalue weighted by atomic mass is 35.5. The molecule has 2 rings (SSSR count). The van der Waals surface area contributed by atoms with E-state index in [9.17, 15) is 9.59 Å². The highest BCUT2D eigenvalue weighted by Gasteiger charge is 2.13. The Kier molecular flexibility index (Phi) is 6.50. The predicted molar refractivity (Wildman–Crippen MR) is 99.3 cm³/mol. The number of rotatable bonds is 6. The molecular weight excluding hydrogens is 340 g/mol. The van der Waals surface area contributed by atoms with Crippen LogP contribution < -0.4 is 10.6 Å². The lowest BCUT2D eigenvalue weighted by Gasteiger charge is -2.11. The van der Waals surface area contributed by atoms with Gasteiger partial charge in [-0.15, -0.1) is 0 Å². The number of nitrogens with zero attached hydrogens (tertiary/aromatic N) is 2. The van der Waals surface area contributed by atoms with Crippen LogP contribution in [0.25, 0.3) is 0 Å². The first-order valence-electron chi connectivity index (χ1n) is 7.83. The molecule has 0 saturated carbocycles. The molecule has 1 heterocycles. The molecule has 2 aromatic rings. The third-order valence-corrected chi connectivity index (χ3v) is 3.78. The molecule has 2 N–H and O–H groups in total. The van der Waals surface area contributed by atoms with E-state index in [2.05, 4.69) is 15.6 Å². The van der Waals surface area contributed by atoms with Crippen LogP contribution in [0.4, 0.5) is 5.69 Å². The summed E-state index contributed by atoms with van der Waals surface area (Å²) in [6.45, 7) is 3.10. The van der Waals surface area contributed by atoms with Crippen molar-refractivity contribution >= 4 is 29.1 Å². The quantitative estimate of drug-likeness (QED) is 0.830. The largest absolute Gasteiger partial charge is 0.349 e. The summed E-state index contributed by atoms with van der Waals surface area (Å²) in [5, 5.41) is 6.11. The highest BCUT2D eigenvalue weighted by molar-refractivity contribution is 6.31. The highest BCUT2D eigenvalue weighted by Crippen LogP contribution is 2.20. The van der Waals surface area contributed by atoms with Crippen LogP contribution in [0.1, 0.15) is 26.4 Å². The molecule has 0 spiro atoms. The van der Waals surface area contributed by atoms with Crippen LogP contribution >= 0.6 is 11.6 Å². The van der Waals surface area contributed by atoms with E-state index < -0.39 is 0 Å². The molecule has 0 aliphatic rings. The SMILES string of the molecule is Cc1ccc(Cl)cc1NC(=O)c1ccnc(C(=O)NCCN(C)C)c1. The number of amides is 2. The summed E-state index contributed by atoms with van der Waals surface area (Å²) in [5.74, 6) is -0.634. The summed E-state index contributed by atoms with van der Waals surface area (Å²) in [7, 11) is 3.85. The number of hydrogen-bond acceptors (Lipinski definition) is 4. The molecular formula is C18H21ClN4O2. The lowest BCUT2D eigenvalue weighted by molar-refractivity contribution is 0.0946. The van der Waals surface area contributed by atoms with E-state index in [0.29, 0.717) is 22.8 Å². The van der Waals surface area contributed by atoms with Crippen LogP contribution in [0.5, 0.6) is 0 Å². The van der Waals surface area contributed by atoms with Crippen LogP contribution in [-0.4, -0.2) is 48.9 Å². The van der Waals surface area contributed by atoms with Gasteiger partial charge in [0.05, 0.1) is 0 Å². The van der Waals surface area contributed by atoms with Crippen molar-refractivity contribution in [2.24, 2.45) is 0 Å². The maximum Gasteiger partial charge on any atom is 0.269 e. The molecule has 0 bridgehead atoms. The molecule has 0 atom stereocenters. The maximum absolute atomic E-state index is 12.4. The number of pyridine rings is 1. The average molecular weight is 361 g/mol. The van der Waals surface area contributed by atoms with Crippen molar-refractivity contribution in [3.8, 4) is 0 Å². The molecule has 0 aliphatic carbocycles. The Balaban J connectivity index is 2.08. The van der Waals surface area contributed by atoms with Gasteiger partial charge in [0.2, 0.25) is 0 Å². The lowest BCUT2D eigenvalue weighted by atomic mass is 10.1. The van der Waals surface area contributed by atoms with Crippen molar-refractivity contribution in [2.45, 2.75) is 6.92 Å². The van der Waals surface area contributed by atoms with Gasteiger partial charge in [-0.05, 0) is 50.8 Å². The predicted octanol–water partition coefficient (Wildman–Crippen LogP) is 2.59. The number of aryl methyl sites for hydroxylation is 1. The fourth-order valence-electron chi connectivity index (χ4n) is 2.10. The van der Waals surface area contributed by atoms with Gasteiger partial charge in [-0.25, -0.2) is 0 Å². The second-order valence-electron chi connectivity index (χ2n) is 5.90. The molecule has 7 heteroatoms. The molecule has 25 heavy (non-hydrogen) atoms. The summed E-state index contributed by atoms with van der Waals surface area (Å²) >= 11 is 5.97. The number of nitrogens with one attached hydrogen (secondary N) is 2. The number of aromatic nitrogens is 1. The summed E-state index contributed by atoms with van der Waals surface area (Å²) < 4.78 is 0. The average Bonchev–Trinajstić information content (AvgIpc) is 2.57. The fourth-order valence-corrected chi connectivity index (χ4v) is 2.28. The second kappa shape index (κ2) is 8.60. The van der Waals surface area contributed by atoms with E-state index in [1.54, 1.807) is 18.2 Å². The Morgan fingerprint density at radius 1 is 1.16 bits per heavy atom. The van der Waals surface area contributed by atoms with E-state index in [1.165, 1.54) is 12.3 Å². The van der Waals surface area contributed by atoms with Crippen molar-refractivity contribution in [3.63, 3.8) is 0 Å². The normalized spacial score (nSPS) is 10.6. The Hall–Kier alpha value is -2.44. The van der Waals surface area contributed by atoms with E-state index in [-0.39, 0.29) is 17.5 Å². The van der Waals surface area contributed by atoms with Crippen molar-refractivity contribution in [1.82, 2.24) is 15.2 Å². The van der Waals surface area contributed by atoms with E-state index in [0.717, 1.165) is 12.1 Å². The van der Waals surface area contributed by atoms with Gasteiger partial charge in [0.25, 0.3) is 11.8 Å². The van der Waals surface area contributed by atoms with Crippen molar-refractivity contribution in [2.75, 3.05) is 32.5 Å². The Bertz CT molecular complexity index is 777. The van der Waals surface area contributed by atoms with Crippen LogP contribution in [0.2, 0.25) is 5.02 Å². The molecule has 1 aromatic heterocycles. The summed E-state index contributed by atoms with van der Waals surface area (Å²) in [5.41, 5.74) is 2.08. The number of anilines is 1. The smallest absolute Gasteiger partial charge is 0.269 e. The number of hydrogen-bond donors (Lipinski definition) is 2. The van der Waals surface area contributed by atoms with Gasteiger partial charge in [0, 0.05) is 35.6 Å². The monoisotopic (exact) mass is 360 g/mol. The molecule has 0 saturated heterocycles. The molecule has 0 aliphatic heterocycles. The van der Waals surface area contributed by atoms with E-state index >= 15 is 0 Å². The zero-order chi connectivity index (χ0) is 18.4. The van der Waals surface area contributed by atoms with Gasteiger partial charge in [-0.1, -0.05) is 17.7 Å².